The van der Waals surface area contributed by atoms with Crippen LogP contribution in [0.1, 0.15) is 68.6 Å². The molecular formula is C27H34ClN3O4. The second-order valence-electron chi connectivity index (χ2n) is 10.4. The normalized spacial score (nSPS) is 23.1. The van der Waals surface area contributed by atoms with Crippen LogP contribution in [0, 0.1) is 18.8 Å². The third-order valence-corrected chi connectivity index (χ3v) is 8.05. The van der Waals surface area contributed by atoms with Crippen LogP contribution in [0.25, 0.3) is 0 Å². The summed E-state index contributed by atoms with van der Waals surface area (Å²) in [6.07, 6.45) is 8.63. The summed E-state index contributed by atoms with van der Waals surface area (Å²) >= 11 is 6.50. The van der Waals surface area contributed by atoms with Crippen LogP contribution in [0.3, 0.4) is 0 Å². The third-order valence-electron chi connectivity index (χ3n) is 7.76. The number of hydrogen-bond acceptors (Lipinski definition) is 6. The van der Waals surface area contributed by atoms with Crippen molar-refractivity contribution in [1.82, 2.24) is 14.8 Å². The van der Waals surface area contributed by atoms with Gasteiger partial charge < -0.3 is 14.6 Å². The maximum Gasteiger partial charge on any atom is 0.338 e. The van der Waals surface area contributed by atoms with Crippen LogP contribution in [0.4, 0.5) is 0 Å². The zero-order valence-corrected chi connectivity index (χ0v) is 21.3. The summed E-state index contributed by atoms with van der Waals surface area (Å²) in [4.78, 5) is 17.6. The molecule has 35 heavy (non-hydrogen) atoms. The minimum atomic E-state index is -0.704. The molecular weight excluding hydrogens is 466 g/mol. The molecule has 1 atom stereocenters. The van der Waals surface area contributed by atoms with E-state index in [9.17, 15) is 9.90 Å². The fourth-order valence-electron chi connectivity index (χ4n) is 5.52. The number of aromatic nitrogens is 3. The molecule has 1 N–H and O–H groups in total. The smallest absolute Gasteiger partial charge is 0.338 e. The number of aryl methyl sites for hydroxylation is 3. The first kappa shape index (κ1) is 24.2. The highest BCUT2D eigenvalue weighted by atomic mass is 35.5. The number of aliphatic hydroxyl groups is 1. The van der Waals surface area contributed by atoms with Crippen molar-refractivity contribution in [1.29, 1.82) is 0 Å². The van der Waals surface area contributed by atoms with E-state index in [-0.39, 0.29) is 23.7 Å². The van der Waals surface area contributed by atoms with Gasteiger partial charge in [0.15, 0.2) is 0 Å². The van der Waals surface area contributed by atoms with E-state index < -0.39 is 11.6 Å². The standard InChI is InChI=1S/C27H34ClN3O4/c1-17-29-25(31(2)30-17)14-21-23(32)15-27(35-26(21)33,20-5-3-4-6-20)12-11-18-9-10-24(22(28)13-18)34-16-19-7-8-19/h9-10,13,19-20,32H,3-8,11-12,14-16H2,1-2H3. The number of rotatable bonds is 9. The van der Waals surface area contributed by atoms with Gasteiger partial charge in [0.2, 0.25) is 0 Å². The van der Waals surface area contributed by atoms with Crippen molar-refractivity contribution in [2.45, 2.75) is 76.7 Å². The van der Waals surface area contributed by atoms with E-state index in [0.717, 1.165) is 43.6 Å². The van der Waals surface area contributed by atoms with Gasteiger partial charge in [-0.25, -0.2) is 9.78 Å². The fraction of sp³-hybridized carbons (Fsp3) is 0.593. The molecule has 8 heteroatoms. The maximum absolute atomic E-state index is 13.2. The van der Waals surface area contributed by atoms with E-state index in [1.54, 1.807) is 18.7 Å². The largest absolute Gasteiger partial charge is 0.512 e. The molecule has 7 nitrogen and oxygen atoms in total. The molecule has 1 unspecified atom stereocenters. The molecule has 1 aromatic heterocycles. The lowest BCUT2D eigenvalue weighted by Crippen LogP contribution is -2.46. The van der Waals surface area contributed by atoms with E-state index in [0.29, 0.717) is 41.9 Å². The molecule has 2 heterocycles. The van der Waals surface area contributed by atoms with E-state index in [1.165, 1.54) is 12.8 Å². The summed E-state index contributed by atoms with van der Waals surface area (Å²) in [5.41, 5.74) is 0.658. The van der Waals surface area contributed by atoms with Crippen molar-refractivity contribution in [2.24, 2.45) is 18.9 Å². The highest BCUT2D eigenvalue weighted by molar-refractivity contribution is 6.32. The molecule has 2 aromatic rings. The van der Waals surface area contributed by atoms with Crippen LogP contribution in [0.15, 0.2) is 29.5 Å². The zero-order chi connectivity index (χ0) is 24.6. The monoisotopic (exact) mass is 499 g/mol. The van der Waals surface area contributed by atoms with E-state index in [1.807, 2.05) is 18.2 Å². The predicted octanol–water partition coefficient (Wildman–Crippen LogP) is 5.43. The van der Waals surface area contributed by atoms with E-state index >= 15 is 0 Å². The van der Waals surface area contributed by atoms with E-state index in [4.69, 9.17) is 21.1 Å². The van der Waals surface area contributed by atoms with Crippen molar-refractivity contribution in [2.75, 3.05) is 6.61 Å². The summed E-state index contributed by atoms with van der Waals surface area (Å²) in [5.74, 6) is 2.58. The molecule has 0 amide bonds. The minimum Gasteiger partial charge on any atom is -0.512 e. The van der Waals surface area contributed by atoms with Gasteiger partial charge >= 0.3 is 5.97 Å². The van der Waals surface area contributed by atoms with E-state index in [2.05, 4.69) is 10.1 Å². The molecule has 0 radical (unpaired) electrons. The number of cyclic esters (lactones) is 1. The maximum atomic E-state index is 13.2. The highest BCUT2D eigenvalue weighted by Gasteiger charge is 2.48. The second-order valence-corrected chi connectivity index (χ2v) is 10.8. The van der Waals surface area contributed by atoms with Crippen LogP contribution < -0.4 is 4.74 Å². The first-order chi connectivity index (χ1) is 16.8. The summed E-state index contributed by atoms with van der Waals surface area (Å²) in [6, 6.07) is 5.93. The Morgan fingerprint density at radius 3 is 2.66 bits per heavy atom. The van der Waals surface area contributed by atoms with Crippen LogP contribution in [0.5, 0.6) is 5.75 Å². The number of esters is 1. The third kappa shape index (κ3) is 5.35. The molecule has 5 rings (SSSR count). The number of carbonyl (C=O) groups excluding carboxylic acids is 1. The summed E-state index contributed by atoms with van der Waals surface area (Å²) in [6.45, 7) is 2.53. The zero-order valence-electron chi connectivity index (χ0n) is 20.6. The Bertz CT molecular complexity index is 1130. The quantitative estimate of drug-likeness (QED) is 0.463. The second kappa shape index (κ2) is 9.84. The van der Waals surface area contributed by atoms with Crippen molar-refractivity contribution in [3.63, 3.8) is 0 Å². The lowest BCUT2D eigenvalue weighted by Gasteiger charge is -2.42. The van der Waals surface area contributed by atoms with Gasteiger partial charge in [0.25, 0.3) is 0 Å². The Hall–Kier alpha value is -2.54. The molecule has 2 aliphatic carbocycles. The average molecular weight is 500 g/mol. The van der Waals surface area contributed by atoms with Crippen molar-refractivity contribution < 1.29 is 19.4 Å². The van der Waals surface area contributed by atoms with Gasteiger partial charge in [0, 0.05) is 19.9 Å². The van der Waals surface area contributed by atoms with Gasteiger partial charge in [-0.1, -0.05) is 30.5 Å². The molecule has 1 aliphatic heterocycles. The Morgan fingerprint density at radius 1 is 1.26 bits per heavy atom. The number of aliphatic hydroxyl groups excluding tert-OH is 1. The number of hydrogen-bond donors (Lipinski definition) is 1. The molecule has 0 spiro atoms. The molecule has 0 saturated heterocycles. The number of benzene rings is 1. The lowest BCUT2D eigenvalue weighted by atomic mass is 9.76. The Balaban J connectivity index is 1.32. The number of nitrogens with zero attached hydrogens (tertiary/aromatic N) is 3. The van der Waals surface area contributed by atoms with Crippen molar-refractivity contribution >= 4 is 17.6 Å². The Morgan fingerprint density at radius 2 is 2.03 bits per heavy atom. The van der Waals surface area contributed by atoms with Gasteiger partial charge in [0.1, 0.15) is 28.8 Å². The molecule has 2 saturated carbocycles. The van der Waals surface area contributed by atoms with Gasteiger partial charge in [-0.3, -0.25) is 4.68 Å². The Labute approximate surface area is 211 Å². The lowest BCUT2D eigenvalue weighted by molar-refractivity contribution is -0.167. The molecule has 188 valence electrons. The molecule has 2 fully saturated rings. The SMILES string of the molecule is Cc1nc(CC2=C(O)CC(CCc3ccc(OCC4CC4)c(Cl)c3)(C3CCCC3)OC2=O)n(C)n1. The average Bonchev–Trinajstić information content (AvgIpc) is 3.35. The van der Waals surface area contributed by atoms with Crippen LogP contribution >= 0.6 is 11.6 Å². The van der Waals surface area contributed by atoms with Gasteiger partial charge in [0.05, 0.1) is 17.2 Å². The first-order valence-corrected chi connectivity index (χ1v) is 13.1. The minimum absolute atomic E-state index is 0.121. The fourth-order valence-corrected chi connectivity index (χ4v) is 5.78. The van der Waals surface area contributed by atoms with Crippen molar-refractivity contribution in [3.05, 3.63) is 51.8 Å². The summed E-state index contributed by atoms with van der Waals surface area (Å²) < 4.78 is 13.7. The first-order valence-electron chi connectivity index (χ1n) is 12.7. The van der Waals surface area contributed by atoms with Crippen LogP contribution in [-0.2, 0) is 29.4 Å². The van der Waals surface area contributed by atoms with Gasteiger partial charge in [-0.05, 0) is 75.0 Å². The van der Waals surface area contributed by atoms with Crippen molar-refractivity contribution in [3.8, 4) is 5.75 Å². The topological polar surface area (TPSA) is 86.5 Å². The molecule has 3 aliphatic rings. The highest BCUT2D eigenvalue weighted by Crippen LogP contribution is 2.46. The number of carbonyl (C=O) groups is 1. The van der Waals surface area contributed by atoms with Crippen LogP contribution in [-0.4, -0.2) is 38.0 Å². The summed E-state index contributed by atoms with van der Waals surface area (Å²) in [5, 5.41) is 15.9. The Kier molecular flexibility index (Phi) is 6.80. The predicted molar refractivity (Wildman–Crippen MR) is 132 cm³/mol. The van der Waals surface area contributed by atoms with Gasteiger partial charge in [-0.15, -0.1) is 0 Å². The number of halogens is 1. The van der Waals surface area contributed by atoms with Gasteiger partial charge in [-0.2, -0.15) is 5.10 Å². The van der Waals surface area contributed by atoms with Crippen LogP contribution in [0.2, 0.25) is 5.02 Å². The molecule has 1 aromatic carbocycles. The number of ether oxygens (including phenoxy) is 2. The molecule has 0 bridgehead atoms. The summed E-state index contributed by atoms with van der Waals surface area (Å²) in [7, 11) is 1.79.